The van der Waals surface area contributed by atoms with Gasteiger partial charge in [-0.3, -0.25) is 9.59 Å². The molecule has 4 heteroatoms. The van der Waals surface area contributed by atoms with Gasteiger partial charge in [0.05, 0.1) is 0 Å². The summed E-state index contributed by atoms with van der Waals surface area (Å²) in [6.45, 7) is 5.68. The molecule has 94 valence electrons. The molecule has 0 aromatic heterocycles. The van der Waals surface area contributed by atoms with E-state index in [0.29, 0.717) is 23.2 Å². The lowest BCUT2D eigenvalue weighted by Gasteiger charge is -2.06. The van der Waals surface area contributed by atoms with Crippen molar-refractivity contribution in [3.8, 4) is 0 Å². The van der Waals surface area contributed by atoms with Gasteiger partial charge < -0.3 is 9.80 Å². The number of rotatable bonds is 2. The zero-order valence-electron chi connectivity index (χ0n) is 10.6. The lowest BCUT2D eigenvalue weighted by atomic mass is 10.1. The Morgan fingerprint density at radius 1 is 1.00 bits per heavy atom. The third-order valence-corrected chi connectivity index (χ3v) is 3.60. The van der Waals surface area contributed by atoms with Gasteiger partial charge in [0.25, 0.3) is 11.8 Å². The molecule has 2 fully saturated rings. The summed E-state index contributed by atoms with van der Waals surface area (Å²) < 4.78 is 0. The first-order valence-corrected chi connectivity index (χ1v) is 6.30. The smallest absolute Gasteiger partial charge is 0.254 e. The molecule has 2 atom stereocenters. The van der Waals surface area contributed by atoms with E-state index >= 15 is 0 Å². The molecule has 1 aromatic rings. The Morgan fingerprint density at radius 3 is 1.72 bits per heavy atom. The number of carbonyl (C=O) groups is 2. The van der Waals surface area contributed by atoms with Crippen LogP contribution < -0.4 is 0 Å². The molecule has 2 aliphatic heterocycles. The topological polar surface area (TPSA) is 40.2 Å². The molecule has 2 amide bonds. The molecule has 18 heavy (non-hydrogen) atoms. The lowest BCUT2D eigenvalue weighted by Crippen LogP contribution is -2.16. The largest absolute Gasteiger partial charge is 0.332 e. The van der Waals surface area contributed by atoms with Crippen molar-refractivity contribution >= 4 is 11.8 Å². The molecule has 3 rings (SSSR count). The Morgan fingerprint density at radius 2 is 1.39 bits per heavy atom. The molecule has 0 bridgehead atoms. The maximum Gasteiger partial charge on any atom is 0.254 e. The first kappa shape index (κ1) is 11.3. The molecule has 0 N–H and O–H groups in total. The van der Waals surface area contributed by atoms with Gasteiger partial charge in [-0.2, -0.15) is 0 Å². The van der Waals surface area contributed by atoms with Crippen LogP contribution in [0, 0.1) is 0 Å². The van der Waals surface area contributed by atoms with Crippen LogP contribution in [0.1, 0.15) is 34.6 Å². The fourth-order valence-electron chi connectivity index (χ4n) is 2.16. The van der Waals surface area contributed by atoms with Crippen LogP contribution >= 0.6 is 0 Å². The van der Waals surface area contributed by atoms with Crippen molar-refractivity contribution in [1.29, 1.82) is 0 Å². The van der Waals surface area contributed by atoms with Crippen LogP contribution in [-0.4, -0.2) is 46.8 Å². The quantitative estimate of drug-likeness (QED) is 0.737. The van der Waals surface area contributed by atoms with E-state index in [0.717, 1.165) is 13.1 Å². The maximum absolute atomic E-state index is 12.0. The van der Waals surface area contributed by atoms with Gasteiger partial charge >= 0.3 is 0 Å². The van der Waals surface area contributed by atoms with Crippen LogP contribution in [-0.2, 0) is 0 Å². The zero-order chi connectivity index (χ0) is 12.9. The molecule has 0 unspecified atom stereocenters. The van der Waals surface area contributed by atoms with Crippen molar-refractivity contribution in [2.75, 3.05) is 13.1 Å². The summed E-state index contributed by atoms with van der Waals surface area (Å²) in [7, 11) is 0. The van der Waals surface area contributed by atoms with Crippen LogP contribution in [0.2, 0.25) is 0 Å². The maximum atomic E-state index is 12.0. The standard InChI is InChI=1S/C14H16N2O2/c1-9-7-15(9)13(17)11-4-3-5-12(6-11)14(18)16-8-10(16)2/h3-6,9-10H,7-8H2,1-2H3/t9-,10-,15?,16?/m0/s1. The summed E-state index contributed by atoms with van der Waals surface area (Å²) in [4.78, 5) is 27.7. The predicted molar refractivity (Wildman–Crippen MR) is 67.4 cm³/mol. The third-order valence-electron chi connectivity index (χ3n) is 3.60. The van der Waals surface area contributed by atoms with Crippen LogP contribution in [0.3, 0.4) is 0 Å². The molecule has 0 spiro atoms. The monoisotopic (exact) mass is 244 g/mol. The third kappa shape index (κ3) is 1.88. The zero-order valence-corrected chi connectivity index (χ0v) is 10.6. The normalized spacial score (nSPS) is 25.0. The Balaban J connectivity index is 1.80. The second-order valence-corrected chi connectivity index (χ2v) is 5.19. The fourth-order valence-corrected chi connectivity index (χ4v) is 2.16. The average Bonchev–Trinajstić information content (AvgIpc) is 3.27. The van der Waals surface area contributed by atoms with Crippen LogP contribution in [0.4, 0.5) is 0 Å². The summed E-state index contributed by atoms with van der Waals surface area (Å²) in [6.07, 6.45) is 0. The number of carbonyl (C=O) groups excluding carboxylic acids is 2. The predicted octanol–water partition coefficient (Wildman–Crippen LogP) is 1.38. The fraction of sp³-hybridized carbons (Fsp3) is 0.429. The van der Waals surface area contributed by atoms with Gasteiger partial charge in [-0.15, -0.1) is 0 Å². The molecule has 4 nitrogen and oxygen atoms in total. The Kier molecular flexibility index (Phi) is 2.40. The van der Waals surface area contributed by atoms with Crippen molar-refractivity contribution in [3.63, 3.8) is 0 Å². The van der Waals surface area contributed by atoms with Gasteiger partial charge in [-0.25, -0.2) is 0 Å². The highest BCUT2D eigenvalue weighted by atomic mass is 16.2. The minimum absolute atomic E-state index is 0.0241. The van der Waals surface area contributed by atoms with E-state index in [1.165, 1.54) is 0 Å². The van der Waals surface area contributed by atoms with E-state index in [1.807, 2.05) is 13.8 Å². The molecular formula is C14H16N2O2. The number of amides is 2. The molecule has 2 saturated heterocycles. The van der Waals surface area contributed by atoms with Crippen molar-refractivity contribution in [2.24, 2.45) is 0 Å². The highest BCUT2D eigenvalue weighted by Crippen LogP contribution is 2.23. The Bertz CT molecular complexity index is 483. The Hall–Kier alpha value is -1.84. The van der Waals surface area contributed by atoms with Gasteiger partial charge in [0.1, 0.15) is 0 Å². The van der Waals surface area contributed by atoms with Crippen LogP contribution in [0.25, 0.3) is 0 Å². The highest BCUT2D eigenvalue weighted by molar-refractivity contribution is 6.01. The molecule has 0 aliphatic carbocycles. The molecule has 2 aliphatic rings. The first-order valence-electron chi connectivity index (χ1n) is 6.30. The van der Waals surface area contributed by atoms with E-state index in [1.54, 1.807) is 34.1 Å². The van der Waals surface area contributed by atoms with E-state index in [2.05, 4.69) is 0 Å². The lowest BCUT2D eigenvalue weighted by molar-refractivity contribution is 0.0876. The van der Waals surface area contributed by atoms with Crippen molar-refractivity contribution in [2.45, 2.75) is 25.9 Å². The van der Waals surface area contributed by atoms with Gasteiger partial charge in [0, 0.05) is 36.3 Å². The number of hydrogen-bond acceptors (Lipinski definition) is 2. The second-order valence-electron chi connectivity index (χ2n) is 5.19. The van der Waals surface area contributed by atoms with Crippen LogP contribution in [0.15, 0.2) is 24.3 Å². The Labute approximate surface area is 106 Å². The molecule has 0 saturated carbocycles. The number of hydrogen-bond donors (Lipinski definition) is 0. The van der Waals surface area contributed by atoms with Gasteiger partial charge in [0.2, 0.25) is 0 Å². The van der Waals surface area contributed by atoms with E-state index in [4.69, 9.17) is 0 Å². The molecular weight excluding hydrogens is 228 g/mol. The molecule has 2 heterocycles. The van der Waals surface area contributed by atoms with E-state index in [9.17, 15) is 9.59 Å². The summed E-state index contributed by atoms with van der Waals surface area (Å²) in [6, 6.07) is 7.71. The average molecular weight is 244 g/mol. The number of benzene rings is 1. The summed E-state index contributed by atoms with van der Waals surface area (Å²) >= 11 is 0. The van der Waals surface area contributed by atoms with Crippen molar-refractivity contribution in [1.82, 2.24) is 9.80 Å². The number of nitrogens with zero attached hydrogens (tertiary/aromatic N) is 2. The van der Waals surface area contributed by atoms with Gasteiger partial charge in [-0.1, -0.05) is 6.07 Å². The van der Waals surface area contributed by atoms with E-state index < -0.39 is 0 Å². The van der Waals surface area contributed by atoms with Crippen LogP contribution in [0.5, 0.6) is 0 Å². The van der Waals surface area contributed by atoms with Crippen molar-refractivity contribution < 1.29 is 9.59 Å². The molecule has 1 aromatic carbocycles. The summed E-state index contributed by atoms with van der Waals surface area (Å²) in [5.41, 5.74) is 1.22. The summed E-state index contributed by atoms with van der Waals surface area (Å²) in [5, 5.41) is 0. The SMILES string of the molecule is C[C@H]1CN1C(=O)c1cccc(C(=O)N2C[C@@H]2C)c1. The van der Waals surface area contributed by atoms with Gasteiger partial charge in [0.15, 0.2) is 0 Å². The minimum atomic E-state index is 0.0241. The summed E-state index contributed by atoms with van der Waals surface area (Å²) in [5.74, 6) is 0.0481. The first-order chi connectivity index (χ1) is 8.58. The minimum Gasteiger partial charge on any atom is -0.332 e. The van der Waals surface area contributed by atoms with Gasteiger partial charge in [-0.05, 0) is 32.0 Å². The second kappa shape index (κ2) is 3.83. The highest BCUT2D eigenvalue weighted by Gasteiger charge is 2.36. The van der Waals surface area contributed by atoms with Crippen molar-refractivity contribution in [3.05, 3.63) is 35.4 Å². The molecule has 0 radical (unpaired) electrons. The van der Waals surface area contributed by atoms with E-state index in [-0.39, 0.29) is 11.8 Å².